The van der Waals surface area contributed by atoms with Crippen molar-refractivity contribution in [2.75, 3.05) is 6.54 Å². The smallest absolute Gasteiger partial charge is 0.273 e. The predicted octanol–water partition coefficient (Wildman–Crippen LogP) is 2.98. The molecule has 0 bridgehead atoms. The van der Waals surface area contributed by atoms with Crippen LogP contribution in [0.15, 0.2) is 53.2 Å². The molecule has 8 heteroatoms. The Morgan fingerprint density at radius 1 is 1.14 bits per heavy atom. The Balaban J connectivity index is 1.60. The van der Waals surface area contributed by atoms with Crippen LogP contribution in [0.2, 0.25) is 0 Å². The van der Waals surface area contributed by atoms with Crippen LogP contribution >= 0.6 is 0 Å². The molecule has 0 fully saturated rings. The summed E-state index contributed by atoms with van der Waals surface area (Å²) in [6.07, 6.45) is 4.05. The highest BCUT2D eigenvalue weighted by molar-refractivity contribution is 5.95. The Kier molecular flexibility index (Phi) is 6.33. The molecular weight excluding hydrogens is 375 g/mol. The molecule has 1 atom stereocenters. The summed E-state index contributed by atoms with van der Waals surface area (Å²) in [6, 6.07) is 8.80. The third-order valence-electron chi connectivity index (χ3n) is 4.31. The van der Waals surface area contributed by atoms with Crippen LogP contribution in [0.4, 0.5) is 4.39 Å². The number of hydrogen-bond acceptors (Lipinski definition) is 5. The van der Waals surface area contributed by atoms with Gasteiger partial charge in [-0.2, -0.15) is 0 Å². The Labute approximate surface area is 167 Å². The third kappa shape index (κ3) is 5.04. The molecule has 29 heavy (non-hydrogen) atoms. The molecule has 0 aliphatic rings. The minimum Gasteiger partial charge on any atom is -0.443 e. The van der Waals surface area contributed by atoms with Gasteiger partial charge >= 0.3 is 0 Å². The average Bonchev–Trinajstić information content (AvgIpc) is 3.11. The summed E-state index contributed by atoms with van der Waals surface area (Å²) in [5.74, 6) is -1.05. The summed E-state index contributed by atoms with van der Waals surface area (Å²) >= 11 is 0. The largest absolute Gasteiger partial charge is 0.443 e. The van der Waals surface area contributed by atoms with Gasteiger partial charge in [0, 0.05) is 18.9 Å². The number of oxazole rings is 1. The summed E-state index contributed by atoms with van der Waals surface area (Å²) in [5, 5.41) is 5.42. The monoisotopic (exact) mass is 396 g/mol. The van der Waals surface area contributed by atoms with Gasteiger partial charge in [0.15, 0.2) is 5.69 Å². The third-order valence-corrected chi connectivity index (χ3v) is 4.31. The van der Waals surface area contributed by atoms with Crippen molar-refractivity contribution in [3.63, 3.8) is 0 Å². The van der Waals surface area contributed by atoms with Gasteiger partial charge in [0.1, 0.15) is 17.6 Å². The fraction of sp³-hybridized carbons (Fsp3) is 0.238. The van der Waals surface area contributed by atoms with Crippen LogP contribution in [0.1, 0.15) is 51.0 Å². The first kappa shape index (κ1) is 20.2. The number of halogens is 1. The molecule has 3 rings (SSSR count). The van der Waals surface area contributed by atoms with Crippen molar-refractivity contribution in [3.05, 3.63) is 83.1 Å². The topological polar surface area (TPSA) is 97.1 Å². The molecule has 0 saturated heterocycles. The van der Waals surface area contributed by atoms with Crippen LogP contribution in [0.3, 0.4) is 0 Å². The Bertz CT molecular complexity index is 1000. The number of hydrogen-bond donors (Lipinski definition) is 2. The molecule has 0 aliphatic heterocycles. The van der Waals surface area contributed by atoms with Crippen molar-refractivity contribution in [2.45, 2.75) is 26.3 Å². The van der Waals surface area contributed by atoms with Gasteiger partial charge in [-0.25, -0.2) is 9.37 Å². The molecule has 7 nitrogen and oxygen atoms in total. The van der Waals surface area contributed by atoms with Crippen molar-refractivity contribution < 1.29 is 18.4 Å². The number of amides is 2. The van der Waals surface area contributed by atoms with Crippen LogP contribution in [0.25, 0.3) is 0 Å². The van der Waals surface area contributed by atoms with Crippen molar-refractivity contribution in [2.24, 2.45) is 0 Å². The minimum absolute atomic E-state index is 0.0725. The Hall–Kier alpha value is -3.55. The van der Waals surface area contributed by atoms with Gasteiger partial charge in [0.2, 0.25) is 5.89 Å². The van der Waals surface area contributed by atoms with Gasteiger partial charge in [0.25, 0.3) is 11.8 Å². The van der Waals surface area contributed by atoms with Gasteiger partial charge in [-0.05, 0) is 50.1 Å². The normalized spacial score (nSPS) is 11.7. The number of nitrogens with zero attached hydrogens (tertiary/aromatic N) is 2. The quantitative estimate of drug-likeness (QED) is 0.640. The number of rotatable bonds is 7. The highest BCUT2D eigenvalue weighted by Gasteiger charge is 2.22. The molecule has 2 N–H and O–H groups in total. The van der Waals surface area contributed by atoms with Crippen molar-refractivity contribution in [3.8, 4) is 0 Å². The van der Waals surface area contributed by atoms with E-state index >= 15 is 0 Å². The first-order valence-electron chi connectivity index (χ1n) is 9.15. The molecule has 2 aromatic heterocycles. The SMILES string of the molecule is Cc1oc([C@H](C)NC(=O)c2ccccc2F)nc1C(=O)NCCc1ccncc1. The van der Waals surface area contributed by atoms with Crippen LogP contribution in [0, 0.1) is 12.7 Å². The van der Waals surface area contributed by atoms with Crippen molar-refractivity contribution in [1.82, 2.24) is 20.6 Å². The average molecular weight is 396 g/mol. The number of carbonyl (C=O) groups is 2. The molecule has 0 unspecified atom stereocenters. The fourth-order valence-electron chi connectivity index (χ4n) is 2.75. The van der Waals surface area contributed by atoms with E-state index in [1.807, 2.05) is 12.1 Å². The van der Waals surface area contributed by atoms with Crippen LogP contribution < -0.4 is 10.6 Å². The maximum atomic E-state index is 13.8. The second kappa shape index (κ2) is 9.09. The molecule has 0 spiro atoms. The molecule has 0 radical (unpaired) electrons. The molecule has 3 aromatic rings. The van der Waals surface area contributed by atoms with E-state index in [9.17, 15) is 14.0 Å². The molecule has 0 aliphatic carbocycles. The van der Waals surface area contributed by atoms with E-state index in [1.165, 1.54) is 18.2 Å². The number of aromatic nitrogens is 2. The lowest BCUT2D eigenvalue weighted by Crippen LogP contribution is -2.28. The maximum absolute atomic E-state index is 13.8. The zero-order valence-corrected chi connectivity index (χ0v) is 16.1. The lowest BCUT2D eigenvalue weighted by molar-refractivity contribution is 0.0927. The standard InChI is InChI=1S/C21H21FN4O3/c1-13(25-19(27)16-5-3-4-6-17(16)22)21-26-18(14(2)29-21)20(28)24-12-9-15-7-10-23-11-8-15/h3-8,10-11,13H,9,12H2,1-2H3,(H,24,28)(H,25,27)/t13-/m0/s1. The van der Waals surface area contributed by atoms with E-state index in [2.05, 4.69) is 20.6 Å². The highest BCUT2D eigenvalue weighted by atomic mass is 19.1. The number of carbonyl (C=O) groups excluding carboxylic acids is 2. The fourth-order valence-corrected chi connectivity index (χ4v) is 2.75. The van der Waals surface area contributed by atoms with E-state index in [0.717, 1.165) is 5.56 Å². The van der Waals surface area contributed by atoms with Gasteiger partial charge in [-0.1, -0.05) is 12.1 Å². The predicted molar refractivity (Wildman–Crippen MR) is 104 cm³/mol. The van der Waals surface area contributed by atoms with Crippen LogP contribution in [0.5, 0.6) is 0 Å². The maximum Gasteiger partial charge on any atom is 0.273 e. The van der Waals surface area contributed by atoms with Crippen molar-refractivity contribution in [1.29, 1.82) is 0 Å². The first-order chi connectivity index (χ1) is 14.0. The Morgan fingerprint density at radius 2 is 1.86 bits per heavy atom. The number of pyridine rings is 1. The summed E-state index contributed by atoms with van der Waals surface area (Å²) in [7, 11) is 0. The lowest BCUT2D eigenvalue weighted by atomic mass is 10.2. The zero-order valence-electron chi connectivity index (χ0n) is 16.1. The van der Waals surface area contributed by atoms with Gasteiger partial charge < -0.3 is 15.1 Å². The molecular formula is C21H21FN4O3. The summed E-state index contributed by atoms with van der Waals surface area (Å²) < 4.78 is 19.3. The second-order valence-corrected chi connectivity index (χ2v) is 6.49. The van der Waals surface area contributed by atoms with Gasteiger partial charge in [-0.3, -0.25) is 14.6 Å². The van der Waals surface area contributed by atoms with E-state index in [1.54, 1.807) is 32.3 Å². The van der Waals surface area contributed by atoms with Crippen LogP contribution in [-0.4, -0.2) is 28.3 Å². The number of nitrogens with one attached hydrogen (secondary N) is 2. The van der Waals surface area contributed by atoms with E-state index in [0.29, 0.717) is 18.7 Å². The van der Waals surface area contributed by atoms with Crippen LogP contribution in [-0.2, 0) is 6.42 Å². The van der Waals surface area contributed by atoms with Crippen molar-refractivity contribution >= 4 is 11.8 Å². The summed E-state index contributed by atoms with van der Waals surface area (Å²) in [5.41, 5.74) is 1.14. The summed E-state index contributed by atoms with van der Waals surface area (Å²) in [4.78, 5) is 32.8. The van der Waals surface area contributed by atoms with E-state index < -0.39 is 17.8 Å². The molecule has 0 saturated carbocycles. The molecule has 2 heterocycles. The zero-order chi connectivity index (χ0) is 20.8. The van der Waals surface area contributed by atoms with E-state index in [-0.39, 0.29) is 23.1 Å². The van der Waals surface area contributed by atoms with E-state index in [4.69, 9.17) is 4.42 Å². The first-order valence-corrected chi connectivity index (χ1v) is 9.15. The molecule has 150 valence electrons. The van der Waals surface area contributed by atoms with Gasteiger partial charge in [0.05, 0.1) is 5.56 Å². The van der Waals surface area contributed by atoms with Gasteiger partial charge in [-0.15, -0.1) is 0 Å². The summed E-state index contributed by atoms with van der Waals surface area (Å²) in [6.45, 7) is 3.71. The molecule has 2 amide bonds. The Morgan fingerprint density at radius 3 is 2.59 bits per heavy atom. The minimum atomic E-state index is -0.640. The number of benzene rings is 1. The lowest BCUT2D eigenvalue weighted by Gasteiger charge is -2.10. The highest BCUT2D eigenvalue weighted by Crippen LogP contribution is 2.18. The second-order valence-electron chi connectivity index (χ2n) is 6.49. The number of aryl methyl sites for hydroxylation is 1. The molecule has 1 aromatic carbocycles.